The van der Waals surface area contributed by atoms with Crippen molar-refractivity contribution in [3.8, 4) is 11.3 Å². The maximum absolute atomic E-state index is 13.9. The number of benzene rings is 3. The minimum atomic E-state index is -4.49. The summed E-state index contributed by atoms with van der Waals surface area (Å²) in [5.41, 5.74) is 3.42. The Morgan fingerprint density at radius 3 is 2.63 bits per heavy atom. The lowest BCUT2D eigenvalue weighted by atomic mass is 9.83. The monoisotopic (exact) mass is 599 g/mol. The third kappa shape index (κ3) is 4.71. The van der Waals surface area contributed by atoms with E-state index in [4.69, 9.17) is 9.41 Å². The van der Waals surface area contributed by atoms with Crippen LogP contribution in [0, 0.1) is 10.1 Å². The van der Waals surface area contributed by atoms with Crippen molar-refractivity contribution in [2.24, 2.45) is 4.99 Å². The highest BCUT2D eigenvalue weighted by Crippen LogP contribution is 2.41. The number of alkyl halides is 3. The van der Waals surface area contributed by atoms with Gasteiger partial charge in [0.05, 0.1) is 26.8 Å². The molecule has 1 atom stereocenters. The van der Waals surface area contributed by atoms with Crippen molar-refractivity contribution in [2.45, 2.75) is 25.1 Å². The summed E-state index contributed by atoms with van der Waals surface area (Å²) in [6, 6.07) is 21.6. The molecule has 5 aromatic rings. The van der Waals surface area contributed by atoms with E-state index < -0.39 is 22.7 Å². The number of hydrogen-bond donors (Lipinski definition) is 0. The Morgan fingerprint density at radius 2 is 1.81 bits per heavy atom. The molecule has 0 fully saturated rings. The number of nitro groups is 1. The fraction of sp³-hybridized carbons (Fsp3) is 0.125. The Balaban J connectivity index is 1.37. The molecule has 3 heterocycles. The van der Waals surface area contributed by atoms with Gasteiger partial charge < -0.3 is 4.42 Å². The average molecular weight is 600 g/mol. The van der Waals surface area contributed by atoms with E-state index in [-0.39, 0.29) is 22.6 Å². The quantitative estimate of drug-likeness (QED) is 0.174. The number of non-ortho nitro benzene ring substituents is 1. The van der Waals surface area contributed by atoms with Crippen molar-refractivity contribution in [1.29, 1.82) is 0 Å². The van der Waals surface area contributed by atoms with Crippen LogP contribution in [-0.4, -0.2) is 9.49 Å². The molecule has 0 radical (unpaired) electrons. The molecule has 0 N–H and O–H groups in total. The van der Waals surface area contributed by atoms with Crippen LogP contribution in [0.3, 0.4) is 0 Å². The lowest BCUT2D eigenvalue weighted by molar-refractivity contribution is -0.384. The highest BCUT2D eigenvalue weighted by molar-refractivity contribution is 7.07. The molecule has 43 heavy (non-hydrogen) atoms. The Bertz CT molecular complexity index is 2160. The summed E-state index contributed by atoms with van der Waals surface area (Å²) in [5, 5.41) is 11.6. The van der Waals surface area contributed by atoms with Gasteiger partial charge in [-0.15, -0.1) is 0 Å². The van der Waals surface area contributed by atoms with Crippen LogP contribution in [0.4, 0.5) is 18.9 Å². The van der Waals surface area contributed by atoms with E-state index in [1.54, 1.807) is 34.9 Å². The van der Waals surface area contributed by atoms with Gasteiger partial charge in [-0.05, 0) is 53.8 Å². The summed E-state index contributed by atoms with van der Waals surface area (Å²) < 4.78 is 47.4. The molecule has 1 aliphatic carbocycles. The van der Waals surface area contributed by atoms with E-state index in [1.165, 1.54) is 24.3 Å². The number of nitrogens with zero attached hydrogens (tertiary/aromatic N) is 3. The Labute approximate surface area is 245 Å². The number of aromatic nitrogens is 1. The fourth-order valence-electron chi connectivity index (χ4n) is 5.69. The molecule has 2 aromatic heterocycles. The number of aryl methyl sites for hydroxylation is 1. The van der Waals surface area contributed by atoms with Gasteiger partial charge in [-0.25, -0.2) is 4.99 Å². The number of furan rings is 1. The van der Waals surface area contributed by atoms with Crippen molar-refractivity contribution in [1.82, 2.24) is 4.57 Å². The molecule has 0 unspecified atom stereocenters. The molecule has 1 aliphatic heterocycles. The standard InChI is InChI=1S/C32H20F3N3O4S/c33-32(34,35)21-8-3-6-19(15-21)26-14-12-23(42-26)17-27-30(39)37-29(20-7-4-9-22(16-20)38(40)41)25-13-11-18-5-1-2-10-24(18)28(25)36-31(37)43-27/h1-10,12,14-17,29H,11,13H2/b27-17+/t29-/m1/s1. The van der Waals surface area contributed by atoms with Gasteiger partial charge in [0.2, 0.25) is 0 Å². The number of fused-ring (bicyclic) bond motifs is 3. The van der Waals surface area contributed by atoms with Crippen molar-refractivity contribution >= 4 is 28.8 Å². The second-order valence-corrected chi connectivity index (χ2v) is 11.3. The normalized spacial score (nSPS) is 16.3. The molecule has 7 nitrogen and oxygen atoms in total. The van der Waals surface area contributed by atoms with Crippen molar-refractivity contribution in [2.75, 3.05) is 0 Å². The molecule has 0 saturated heterocycles. The Kier molecular flexibility index (Phi) is 6.28. The average Bonchev–Trinajstić information content (AvgIpc) is 3.60. The lowest BCUT2D eigenvalue weighted by Gasteiger charge is -2.30. The smallest absolute Gasteiger partial charge is 0.416 e. The first-order valence-corrected chi connectivity index (χ1v) is 14.1. The number of hydrogen-bond acceptors (Lipinski definition) is 6. The maximum atomic E-state index is 13.9. The van der Waals surface area contributed by atoms with Crippen LogP contribution in [0.2, 0.25) is 0 Å². The first-order valence-electron chi connectivity index (χ1n) is 13.3. The predicted molar refractivity (Wildman–Crippen MR) is 155 cm³/mol. The number of halogens is 3. The maximum Gasteiger partial charge on any atom is 0.416 e. The fourth-order valence-corrected chi connectivity index (χ4v) is 6.68. The van der Waals surface area contributed by atoms with E-state index in [9.17, 15) is 28.1 Å². The van der Waals surface area contributed by atoms with Gasteiger partial charge >= 0.3 is 6.18 Å². The second-order valence-electron chi connectivity index (χ2n) is 10.2. The van der Waals surface area contributed by atoms with Gasteiger partial charge in [-0.2, -0.15) is 13.2 Å². The van der Waals surface area contributed by atoms with Crippen molar-refractivity contribution in [3.05, 3.63) is 148 Å². The molecule has 0 bridgehead atoms. The molecule has 214 valence electrons. The summed E-state index contributed by atoms with van der Waals surface area (Å²) in [5.74, 6) is 0.519. The van der Waals surface area contributed by atoms with Crippen molar-refractivity contribution in [3.63, 3.8) is 0 Å². The van der Waals surface area contributed by atoms with E-state index in [2.05, 4.69) is 0 Å². The molecular formula is C32H20F3N3O4S. The van der Waals surface area contributed by atoms with Crippen LogP contribution >= 0.6 is 11.3 Å². The SMILES string of the molecule is O=c1/c(=C\c2ccc(-c3cccc(C(F)(F)F)c3)o2)sc2n1[C@H](c1cccc([N+](=O)[O-])c1)C1=C(N=2)c2ccccc2CC1. The molecular weight excluding hydrogens is 579 g/mol. The Morgan fingerprint density at radius 1 is 1.00 bits per heavy atom. The third-order valence-electron chi connectivity index (χ3n) is 7.64. The number of nitro benzene ring substituents is 1. The third-order valence-corrected chi connectivity index (χ3v) is 8.63. The van der Waals surface area contributed by atoms with E-state index in [0.29, 0.717) is 27.1 Å². The zero-order chi connectivity index (χ0) is 29.9. The molecule has 11 heteroatoms. The minimum absolute atomic E-state index is 0.0762. The van der Waals surface area contributed by atoms with Crippen LogP contribution in [0.25, 0.3) is 23.1 Å². The van der Waals surface area contributed by atoms with Gasteiger partial charge in [0, 0.05) is 29.3 Å². The molecule has 0 amide bonds. The molecule has 2 aliphatic rings. The number of thiazole rings is 1. The van der Waals surface area contributed by atoms with Gasteiger partial charge in [0.15, 0.2) is 4.80 Å². The summed E-state index contributed by atoms with van der Waals surface area (Å²) in [6.45, 7) is 0. The molecule has 0 saturated carbocycles. The van der Waals surface area contributed by atoms with Crippen LogP contribution < -0.4 is 14.9 Å². The summed E-state index contributed by atoms with van der Waals surface area (Å²) >= 11 is 1.16. The molecule has 3 aromatic carbocycles. The molecule has 7 rings (SSSR count). The number of rotatable bonds is 4. The minimum Gasteiger partial charge on any atom is -0.457 e. The van der Waals surface area contributed by atoms with Crippen molar-refractivity contribution < 1.29 is 22.5 Å². The predicted octanol–water partition coefficient (Wildman–Crippen LogP) is 6.51. The molecule has 0 spiro atoms. The van der Waals surface area contributed by atoms with Gasteiger partial charge in [-0.1, -0.05) is 59.9 Å². The van der Waals surface area contributed by atoms with Crippen LogP contribution in [-0.2, 0) is 12.6 Å². The van der Waals surface area contributed by atoms with E-state index in [1.807, 2.05) is 24.3 Å². The summed E-state index contributed by atoms with van der Waals surface area (Å²) in [7, 11) is 0. The highest BCUT2D eigenvalue weighted by atomic mass is 32.1. The second kappa shape index (κ2) is 10.1. The van der Waals surface area contributed by atoms with Crippen LogP contribution in [0.15, 0.2) is 105 Å². The largest absolute Gasteiger partial charge is 0.457 e. The topological polar surface area (TPSA) is 90.6 Å². The highest BCUT2D eigenvalue weighted by Gasteiger charge is 2.33. The van der Waals surface area contributed by atoms with Crippen LogP contribution in [0.5, 0.6) is 0 Å². The summed E-state index contributed by atoms with van der Waals surface area (Å²) in [6.07, 6.45) is -1.58. The lowest BCUT2D eigenvalue weighted by Crippen LogP contribution is -2.38. The first kappa shape index (κ1) is 26.8. The Hall–Kier alpha value is -5.03. The van der Waals surface area contributed by atoms with Gasteiger partial charge in [0.1, 0.15) is 11.5 Å². The van der Waals surface area contributed by atoms with E-state index >= 15 is 0 Å². The zero-order valence-electron chi connectivity index (χ0n) is 22.2. The number of allylic oxidation sites excluding steroid dienone is 1. The van der Waals surface area contributed by atoms with Gasteiger partial charge in [0.25, 0.3) is 11.2 Å². The van der Waals surface area contributed by atoms with Crippen LogP contribution in [0.1, 0.15) is 40.5 Å². The van der Waals surface area contributed by atoms with Gasteiger partial charge in [-0.3, -0.25) is 19.5 Å². The zero-order valence-corrected chi connectivity index (χ0v) is 23.0. The first-order chi connectivity index (χ1) is 20.7. The van der Waals surface area contributed by atoms with E-state index in [0.717, 1.165) is 52.3 Å². The summed E-state index contributed by atoms with van der Waals surface area (Å²) in [4.78, 5) is 30.4.